The van der Waals surface area contributed by atoms with Crippen molar-refractivity contribution in [1.29, 1.82) is 0 Å². The van der Waals surface area contributed by atoms with E-state index in [4.69, 9.17) is 0 Å². The lowest BCUT2D eigenvalue weighted by Crippen LogP contribution is -2.08. The van der Waals surface area contributed by atoms with Crippen LogP contribution in [0.5, 0.6) is 0 Å². The number of aromatic nitrogens is 2. The maximum Gasteiger partial charge on any atom is 0.434 e. The van der Waals surface area contributed by atoms with Crippen molar-refractivity contribution in [3.63, 3.8) is 0 Å². The monoisotopic (exact) mass is 368 g/mol. The molecule has 0 aliphatic carbocycles. The molecule has 20 heavy (non-hydrogen) atoms. The minimum absolute atomic E-state index is 0.275. The molecule has 0 N–H and O–H groups in total. The molecule has 108 valence electrons. The second-order valence-electron chi connectivity index (χ2n) is 4.03. The molecule has 0 bridgehead atoms. The molecule has 0 fully saturated rings. The Morgan fingerprint density at radius 3 is 2.20 bits per heavy atom. The van der Waals surface area contributed by atoms with E-state index < -0.39 is 26.9 Å². The molecule has 1 aromatic carbocycles. The highest BCUT2D eigenvalue weighted by Crippen LogP contribution is 2.30. The second-order valence-corrected chi connectivity index (χ2v) is 6.85. The molecule has 1 heterocycles. The van der Waals surface area contributed by atoms with Crippen molar-refractivity contribution in [1.82, 2.24) is 9.55 Å². The second kappa shape index (κ2) is 4.88. The van der Waals surface area contributed by atoms with Crippen molar-refractivity contribution in [3.05, 3.63) is 40.6 Å². The van der Waals surface area contributed by atoms with Crippen LogP contribution in [0.2, 0.25) is 0 Å². The summed E-state index contributed by atoms with van der Waals surface area (Å²) in [6.45, 7) is 0. The Morgan fingerprint density at radius 2 is 1.75 bits per heavy atom. The number of alkyl halides is 3. The molecule has 9 heteroatoms. The maximum absolute atomic E-state index is 12.7. The van der Waals surface area contributed by atoms with Crippen LogP contribution in [0.1, 0.15) is 5.69 Å². The summed E-state index contributed by atoms with van der Waals surface area (Å²) in [5.41, 5.74) is -0.975. The molecular formula is C11H8BrF3N2O2S. The van der Waals surface area contributed by atoms with Gasteiger partial charge in [-0.2, -0.15) is 13.2 Å². The fourth-order valence-electron chi connectivity index (χ4n) is 1.55. The molecular weight excluding hydrogens is 361 g/mol. The smallest absolute Gasteiger partial charge is 0.290 e. The number of rotatable bonds is 2. The van der Waals surface area contributed by atoms with Gasteiger partial charge in [-0.1, -0.05) is 15.9 Å². The predicted molar refractivity (Wildman–Crippen MR) is 69.4 cm³/mol. The standard InChI is InChI=1S/C11H8BrF3N2O2S/c1-20(18,19)10-16-9(11(13,14)15)6-17(10)8-4-2-7(12)3-5-8/h2-6H,1H3. The van der Waals surface area contributed by atoms with E-state index in [1.165, 1.54) is 12.1 Å². The molecule has 0 spiro atoms. The van der Waals surface area contributed by atoms with Crippen LogP contribution >= 0.6 is 15.9 Å². The van der Waals surface area contributed by atoms with Crippen LogP contribution in [0, 0.1) is 0 Å². The molecule has 0 amide bonds. The van der Waals surface area contributed by atoms with Crippen molar-refractivity contribution in [2.45, 2.75) is 11.3 Å². The van der Waals surface area contributed by atoms with Gasteiger partial charge in [0, 0.05) is 22.6 Å². The number of sulfone groups is 1. The van der Waals surface area contributed by atoms with Crippen LogP contribution in [0.15, 0.2) is 40.1 Å². The summed E-state index contributed by atoms with van der Waals surface area (Å²) in [5.74, 6) is 0. The maximum atomic E-state index is 12.7. The van der Waals surface area contributed by atoms with E-state index in [-0.39, 0.29) is 5.69 Å². The largest absolute Gasteiger partial charge is 0.434 e. The lowest BCUT2D eigenvalue weighted by molar-refractivity contribution is -0.141. The van der Waals surface area contributed by atoms with E-state index in [0.29, 0.717) is 6.20 Å². The normalized spacial score (nSPS) is 12.7. The number of hydrogen-bond donors (Lipinski definition) is 0. The van der Waals surface area contributed by atoms with Crippen LogP contribution in [0.4, 0.5) is 13.2 Å². The third kappa shape index (κ3) is 3.04. The van der Waals surface area contributed by atoms with Crippen LogP contribution in [-0.2, 0) is 16.0 Å². The number of halogens is 4. The van der Waals surface area contributed by atoms with Crippen molar-refractivity contribution in [2.24, 2.45) is 0 Å². The molecule has 0 unspecified atom stereocenters. The summed E-state index contributed by atoms with van der Waals surface area (Å²) >= 11 is 3.19. The minimum atomic E-state index is -4.71. The first kappa shape index (κ1) is 15.0. The Balaban J connectivity index is 2.68. The first-order valence-electron chi connectivity index (χ1n) is 5.21. The average Bonchev–Trinajstić information content (AvgIpc) is 2.74. The van der Waals surface area contributed by atoms with Crippen LogP contribution in [-0.4, -0.2) is 24.2 Å². The summed E-state index contributed by atoms with van der Waals surface area (Å²) in [6.07, 6.45) is -3.23. The summed E-state index contributed by atoms with van der Waals surface area (Å²) in [5, 5.41) is -0.646. The Bertz CT molecular complexity index is 736. The van der Waals surface area contributed by atoms with E-state index in [1.807, 2.05) is 0 Å². The van der Waals surface area contributed by atoms with Gasteiger partial charge >= 0.3 is 6.18 Å². The summed E-state index contributed by atoms with van der Waals surface area (Å²) in [4.78, 5) is 3.19. The molecule has 0 radical (unpaired) electrons. The van der Waals surface area contributed by atoms with E-state index in [0.717, 1.165) is 15.3 Å². The Morgan fingerprint density at radius 1 is 1.20 bits per heavy atom. The topological polar surface area (TPSA) is 52.0 Å². The van der Waals surface area contributed by atoms with Crippen molar-refractivity contribution < 1.29 is 21.6 Å². The highest BCUT2D eigenvalue weighted by Gasteiger charge is 2.36. The predicted octanol–water partition coefficient (Wildman–Crippen LogP) is 3.06. The number of benzene rings is 1. The van der Waals surface area contributed by atoms with E-state index in [1.54, 1.807) is 12.1 Å². The third-order valence-corrected chi connectivity index (χ3v) is 3.88. The van der Waals surface area contributed by atoms with Gasteiger partial charge in [-0.05, 0) is 24.3 Å². The van der Waals surface area contributed by atoms with Crippen molar-refractivity contribution in [2.75, 3.05) is 6.26 Å². The molecule has 0 saturated carbocycles. The number of imidazole rings is 1. The van der Waals surface area contributed by atoms with Gasteiger partial charge in [0.05, 0.1) is 0 Å². The van der Waals surface area contributed by atoms with Gasteiger partial charge in [0.25, 0.3) is 0 Å². The van der Waals surface area contributed by atoms with Crippen molar-refractivity contribution in [3.8, 4) is 5.69 Å². The van der Waals surface area contributed by atoms with Gasteiger partial charge in [0.15, 0.2) is 5.69 Å². The van der Waals surface area contributed by atoms with Gasteiger partial charge in [0.1, 0.15) is 0 Å². The summed E-state index contributed by atoms with van der Waals surface area (Å²) in [6, 6.07) is 6.16. The summed E-state index contributed by atoms with van der Waals surface area (Å²) < 4.78 is 62.8. The highest BCUT2D eigenvalue weighted by molar-refractivity contribution is 9.10. The van der Waals surface area contributed by atoms with Gasteiger partial charge < -0.3 is 0 Å². The molecule has 0 atom stereocenters. The van der Waals surface area contributed by atoms with Crippen molar-refractivity contribution >= 4 is 25.8 Å². The zero-order chi connectivity index (χ0) is 15.1. The minimum Gasteiger partial charge on any atom is -0.290 e. The Labute approximate surface area is 121 Å². The lowest BCUT2D eigenvalue weighted by atomic mass is 10.3. The lowest BCUT2D eigenvalue weighted by Gasteiger charge is -2.05. The zero-order valence-corrected chi connectivity index (χ0v) is 12.4. The number of hydrogen-bond acceptors (Lipinski definition) is 3. The van der Waals surface area contributed by atoms with Gasteiger partial charge in [-0.15, -0.1) is 0 Å². The summed E-state index contributed by atoms with van der Waals surface area (Å²) in [7, 11) is -3.89. The first-order chi connectivity index (χ1) is 9.09. The van der Waals surface area contributed by atoms with Gasteiger partial charge in [-0.25, -0.2) is 13.4 Å². The SMILES string of the molecule is CS(=O)(=O)c1nc(C(F)(F)F)cn1-c1ccc(Br)cc1. The third-order valence-electron chi connectivity index (χ3n) is 2.40. The quantitative estimate of drug-likeness (QED) is 0.818. The van der Waals surface area contributed by atoms with E-state index >= 15 is 0 Å². The molecule has 2 rings (SSSR count). The zero-order valence-electron chi connectivity index (χ0n) is 10.0. The molecule has 2 aromatic rings. The molecule has 0 aliphatic heterocycles. The molecule has 0 saturated heterocycles. The average molecular weight is 369 g/mol. The van der Waals surface area contributed by atoms with Crippen LogP contribution in [0.3, 0.4) is 0 Å². The van der Waals surface area contributed by atoms with E-state index in [9.17, 15) is 21.6 Å². The molecule has 4 nitrogen and oxygen atoms in total. The van der Waals surface area contributed by atoms with E-state index in [2.05, 4.69) is 20.9 Å². The Hall–Kier alpha value is -1.35. The molecule has 0 aliphatic rings. The fourth-order valence-corrected chi connectivity index (χ4v) is 2.59. The van der Waals surface area contributed by atoms with Gasteiger partial charge in [0.2, 0.25) is 15.0 Å². The van der Waals surface area contributed by atoms with Crippen LogP contribution < -0.4 is 0 Å². The first-order valence-corrected chi connectivity index (χ1v) is 7.90. The number of nitrogens with zero attached hydrogens (tertiary/aromatic N) is 2. The van der Waals surface area contributed by atoms with Gasteiger partial charge in [-0.3, -0.25) is 4.57 Å². The highest BCUT2D eigenvalue weighted by atomic mass is 79.9. The fraction of sp³-hybridized carbons (Fsp3) is 0.182. The van der Waals surface area contributed by atoms with Crippen LogP contribution in [0.25, 0.3) is 5.69 Å². The Kier molecular flexibility index (Phi) is 3.67. The molecule has 1 aromatic heterocycles.